The van der Waals surface area contributed by atoms with Crippen LogP contribution in [0.2, 0.25) is 0 Å². The van der Waals surface area contributed by atoms with Crippen LogP contribution in [0.5, 0.6) is 11.5 Å². The third-order valence-electron chi connectivity index (χ3n) is 4.99. The number of hydrogen-bond donors (Lipinski definition) is 2. The van der Waals surface area contributed by atoms with Crippen LogP contribution in [0.25, 0.3) is 5.69 Å². The number of anilines is 1. The molecular formula is C25H19F4N3O2. The van der Waals surface area contributed by atoms with Crippen LogP contribution in [0.3, 0.4) is 0 Å². The number of nitrogens with zero attached hydrogens (tertiary/aromatic N) is 1. The molecule has 174 valence electrons. The summed E-state index contributed by atoms with van der Waals surface area (Å²) in [6.07, 6.45) is -3.25. The van der Waals surface area contributed by atoms with Crippen LogP contribution >= 0.6 is 0 Å². The summed E-state index contributed by atoms with van der Waals surface area (Å²) in [6.45, 7) is 0.148. The summed E-state index contributed by atoms with van der Waals surface area (Å²) >= 11 is 0. The maximum absolute atomic E-state index is 13.5. The minimum absolute atomic E-state index is 0.0268. The van der Waals surface area contributed by atoms with Gasteiger partial charge in [-0.3, -0.25) is 4.79 Å². The molecule has 0 radical (unpaired) electrons. The second-order valence-corrected chi connectivity index (χ2v) is 7.42. The number of hydrogen-bond acceptors (Lipinski definition) is 3. The van der Waals surface area contributed by atoms with Gasteiger partial charge in [-0.25, -0.2) is 4.39 Å². The van der Waals surface area contributed by atoms with Crippen molar-refractivity contribution < 1.29 is 27.1 Å². The number of carbonyl (C=O) groups excluding carboxylic acids is 1. The first-order chi connectivity index (χ1) is 16.2. The summed E-state index contributed by atoms with van der Waals surface area (Å²) in [7, 11) is 0. The summed E-state index contributed by atoms with van der Waals surface area (Å²) in [6, 6.07) is 18.8. The monoisotopic (exact) mass is 469 g/mol. The fraction of sp³-hybridized carbons (Fsp3) is 0.0800. The van der Waals surface area contributed by atoms with E-state index in [1.54, 1.807) is 24.3 Å². The number of aromatic nitrogens is 1. The van der Waals surface area contributed by atoms with Crippen molar-refractivity contribution in [2.24, 2.45) is 0 Å². The topological polar surface area (TPSA) is 69.3 Å². The van der Waals surface area contributed by atoms with E-state index in [4.69, 9.17) is 10.5 Å². The van der Waals surface area contributed by atoms with Crippen molar-refractivity contribution in [2.75, 3.05) is 5.73 Å². The first kappa shape index (κ1) is 22.9. The maximum atomic E-state index is 13.5. The number of carbonyl (C=O) groups is 1. The van der Waals surface area contributed by atoms with Gasteiger partial charge in [0.25, 0.3) is 5.91 Å². The van der Waals surface area contributed by atoms with Crippen molar-refractivity contribution in [3.63, 3.8) is 0 Å². The van der Waals surface area contributed by atoms with E-state index >= 15 is 0 Å². The summed E-state index contributed by atoms with van der Waals surface area (Å²) in [5.74, 6) is 0.0971. The molecule has 4 aromatic rings. The lowest BCUT2D eigenvalue weighted by molar-refractivity contribution is -0.137. The lowest BCUT2D eigenvalue weighted by Crippen LogP contribution is -2.25. The molecule has 3 aromatic carbocycles. The van der Waals surface area contributed by atoms with Crippen molar-refractivity contribution in [3.8, 4) is 17.2 Å². The van der Waals surface area contributed by atoms with E-state index in [9.17, 15) is 22.4 Å². The number of nitrogens with one attached hydrogen (secondary N) is 1. The lowest BCUT2D eigenvalue weighted by atomic mass is 10.1. The average molecular weight is 469 g/mol. The molecular weight excluding hydrogens is 450 g/mol. The zero-order valence-corrected chi connectivity index (χ0v) is 17.6. The van der Waals surface area contributed by atoms with Crippen molar-refractivity contribution in [1.82, 2.24) is 9.88 Å². The van der Waals surface area contributed by atoms with Gasteiger partial charge in [-0.15, -0.1) is 0 Å². The predicted octanol–water partition coefficient (Wildman–Crippen LogP) is 5.94. The standard InChI is InChI=1S/C25H19F4N3O2/c26-17-5-10-20(11-6-17)34-19-8-3-16(4-9-19)15-31-24(33)23-2-1-13-32(23)22-12-7-18(30)14-21(22)25(27,28)29/h1-14H,15,30H2,(H,31,33). The molecule has 0 spiro atoms. The highest BCUT2D eigenvalue weighted by molar-refractivity contribution is 5.93. The molecule has 1 heterocycles. The van der Waals surface area contributed by atoms with Gasteiger partial charge >= 0.3 is 6.18 Å². The number of benzene rings is 3. The van der Waals surface area contributed by atoms with E-state index in [1.807, 2.05) is 0 Å². The summed E-state index contributed by atoms with van der Waals surface area (Å²) < 4.78 is 60.3. The number of amides is 1. The van der Waals surface area contributed by atoms with Crippen LogP contribution in [0.1, 0.15) is 21.6 Å². The molecule has 9 heteroatoms. The Bertz CT molecular complexity index is 1300. The van der Waals surface area contributed by atoms with E-state index in [-0.39, 0.29) is 29.4 Å². The molecule has 34 heavy (non-hydrogen) atoms. The Balaban J connectivity index is 1.45. The Morgan fingerprint density at radius 3 is 2.24 bits per heavy atom. The van der Waals surface area contributed by atoms with Crippen molar-refractivity contribution in [3.05, 3.63) is 108 Å². The SMILES string of the molecule is Nc1ccc(-n2cccc2C(=O)NCc2ccc(Oc3ccc(F)cc3)cc2)c(C(F)(F)F)c1. The van der Waals surface area contributed by atoms with Gasteiger partial charge in [0.15, 0.2) is 0 Å². The molecule has 0 aliphatic heterocycles. The highest BCUT2D eigenvalue weighted by Gasteiger charge is 2.34. The van der Waals surface area contributed by atoms with Gasteiger partial charge < -0.3 is 20.4 Å². The van der Waals surface area contributed by atoms with Gasteiger partial charge in [-0.2, -0.15) is 13.2 Å². The van der Waals surface area contributed by atoms with Crippen LogP contribution < -0.4 is 15.8 Å². The number of halogens is 4. The third kappa shape index (κ3) is 5.20. The smallest absolute Gasteiger partial charge is 0.418 e. The summed E-state index contributed by atoms with van der Waals surface area (Å²) in [5.41, 5.74) is 5.18. The predicted molar refractivity (Wildman–Crippen MR) is 119 cm³/mol. The largest absolute Gasteiger partial charge is 0.457 e. The van der Waals surface area contributed by atoms with Gasteiger partial charge in [0.2, 0.25) is 0 Å². The van der Waals surface area contributed by atoms with Gasteiger partial charge in [0.05, 0.1) is 11.3 Å². The molecule has 1 aromatic heterocycles. The highest BCUT2D eigenvalue weighted by Crippen LogP contribution is 2.35. The summed E-state index contributed by atoms with van der Waals surface area (Å²) in [4.78, 5) is 12.7. The minimum Gasteiger partial charge on any atom is -0.457 e. The van der Waals surface area contributed by atoms with Gasteiger partial charge in [-0.1, -0.05) is 12.1 Å². The van der Waals surface area contributed by atoms with Crippen LogP contribution in [0.4, 0.5) is 23.2 Å². The van der Waals surface area contributed by atoms with Crippen LogP contribution in [0.15, 0.2) is 85.1 Å². The average Bonchev–Trinajstić information content (AvgIpc) is 3.29. The maximum Gasteiger partial charge on any atom is 0.418 e. The molecule has 0 aliphatic rings. The summed E-state index contributed by atoms with van der Waals surface area (Å²) in [5, 5.41) is 2.71. The van der Waals surface area contributed by atoms with Crippen molar-refractivity contribution >= 4 is 11.6 Å². The zero-order valence-electron chi connectivity index (χ0n) is 17.6. The molecule has 4 rings (SSSR count). The molecule has 5 nitrogen and oxygen atoms in total. The third-order valence-corrected chi connectivity index (χ3v) is 4.99. The normalized spacial score (nSPS) is 11.3. The highest BCUT2D eigenvalue weighted by atomic mass is 19.4. The molecule has 0 saturated heterocycles. The van der Waals surface area contributed by atoms with E-state index in [0.29, 0.717) is 11.5 Å². The molecule has 0 aliphatic carbocycles. The molecule has 0 saturated carbocycles. The Morgan fingerprint density at radius 1 is 0.941 bits per heavy atom. The number of nitrogens with two attached hydrogens (primary N) is 1. The zero-order chi connectivity index (χ0) is 24.3. The molecule has 1 amide bonds. The molecule has 0 bridgehead atoms. The van der Waals surface area contributed by atoms with E-state index in [0.717, 1.165) is 11.6 Å². The Kier molecular flexibility index (Phi) is 6.27. The fourth-order valence-electron chi connectivity index (χ4n) is 3.35. The van der Waals surface area contributed by atoms with Gasteiger partial charge in [-0.05, 0) is 72.3 Å². The van der Waals surface area contributed by atoms with Crippen LogP contribution in [0, 0.1) is 5.82 Å². The number of ether oxygens (including phenoxy) is 1. The first-order valence-electron chi connectivity index (χ1n) is 10.2. The van der Waals surface area contributed by atoms with E-state index in [1.165, 1.54) is 59.3 Å². The lowest BCUT2D eigenvalue weighted by Gasteiger charge is -2.16. The first-order valence-corrected chi connectivity index (χ1v) is 10.2. The number of alkyl halides is 3. The number of nitrogen functional groups attached to an aromatic ring is 1. The molecule has 0 atom stereocenters. The van der Waals surface area contributed by atoms with Crippen LogP contribution in [-0.2, 0) is 12.7 Å². The molecule has 3 N–H and O–H groups in total. The molecule has 0 unspecified atom stereocenters. The van der Waals surface area contributed by atoms with E-state index in [2.05, 4.69) is 5.32 Å². The quantitative estimate of drug-likeness (QED) is 0.271. The fourth-order valence-corrected chi connectivity index (χ4v) is 3.35. The Hall–Kier alpha value is -4.27. The van der Waals surface area contributed by atoms with Gasteiger partial charge in [0.1, 0.15) is 23.0 Å². The number of rotatable bonds is 6. The van der Waals surface area contributed by atoms with Crippen molar-refractivity contribution in [2.45, 2.75) is 12.7 Å². The van der Waals surface area contributed by atoms with Gasteiger partial charge in [0, 0.05) is 18.4 Å². The van der Waals surface area contributed by atoms with E-state index < -0.39 is 17.6 Å². The minimum atomic E-state index is -4.64. The van der Waals surface area contributed by atoms with Crippen molar-refractivity contribution in [1.29, 1.82) is 0 Å². The second kappa shape index (κ2) is 9.30. The molecule has 0 fully saturated rings. The Morgan fingerprint density at radius 2 is 1.59 bits per heavy atom. The Labute approximate surface area is 192 Å². The van der Waals surface area contributed by atoms with Crippen LogP contribution in [-0.4, -0.2) is 10.5 Å². The second-order valence-electron chi connectivity index (χ2n) is 7.42.